The van der Waals surface area contributed by atoms with Crippen LogP contribution < -0.4 is 9.64 Å². The Labute approximate surface area is 162 Å². The Morgan fingerprint density at radius 2 is 1.62 bits per heavy atom. The molecule has 4 rings (SSSR count). The Kier molecular flexibility index (Phi) is 4.76. The minimum absolute atomic E-state index is 0.291. The summed E-state index contributed by atoms with van der Waals surface area (Å²) in [6.45, 7) is 0. The van der Waals surface area contributed by atoms with Crippen molar-refractivity contribution in [3.05, 3.63) is 88.9 Å². The Morgan fingerprint density at radius 1 is 0.923 bits per heavy atom. The molecule has 26 heavy (non-hydrogen) atoms. The summed E-state index contributed by atoms with van der Waals surface area (Å²) in [5.74, 6) is 1.94. The van der Waals surface area contributed by atoms with Crippen molar-refractivity contribution >= 4 is 33.1 Å². The van der Waals surface area contributed by atoms with Gasteiger partial charge in [-0.25, -0.2) is 4.99 Å². The van der Waals surface area contributed by atoms with Gasteiger partial charge in [0.15, 0.2) is 0 Å². The smallest absolute Gasteiger partial charge is 0.119 e. The molecule has 1 saturated heterocycles. The number of benzene rings is 3. The number of methoxy groups -OCH3 is 1. The van der Waals surface area contributed by atoms with Gasteiger partial charge >= 0.3 is 0 Å². The molecule has 130 valence electrons. The summed E-state index contributed by atoms with van der Waals surface area (Å²) in [5.41, 5.74) is 3.39. The number of nitrogens with zero attached hydrogens (tertiary/aromatic N) is 2. The Hall–Kier alpha value is -2.59. The lowest BCUT2D eigenvalue weighted by molar-refractivity contribution is 0.415. The van der Waals surface area contributed by atoms with Crippen LogP contribution in [-0.2, 0) is 0 Å². The summed E-state index contributed by atoms with van der Waals surface area (Å²) in [5, 5.41) is 0. The van der Waals surface area contributed by atoms with Crippen LogP contribution in [0.2, 0.25) is 0 Å². The second-order valence-electron chi connectivity index (χ2n) is 6.20. The molecule has 0 spiro atoms. The predicted molar refractivity (Wildman–Crippen MR) is 111 cm³/mol. The fraction of sp³-hybridized carbons (Fsp3) is 0.136. The molecule has 0 amide bonds. The maximum absolute atomic E-state index is 5.29. The molecule has 3 aromatic rings. The SMILES string of the molecule is COc1ccc(N2C(=Nc3ccccc3)CC2c2ccc(Br)cc2)cc1. The number of hydrogen-bond acceptors (Lipinski definition) is 2. The summed E-state index contributed by atoms with van der Waals surface area (Å²) < 4.78 is 6.39. The van der Waals surface area contributed by atoms with Crippen LogP contribution in [0.15, 0.2) is 88.3 Å². The molecule has 1 heterocycles. The van der Waals surface area contributed by atoms with Gasteiger partial charge in [-0.05, 0) is 54.1 Å². The van der Waals surface area contributed by atoms with Gasteiger partial charge in [-0.1, -0.05) is 46.3 Å². The predicted octanol–water partition coefficient (Wildman–Crippen LogP) is 6.14. The van der Waals surface area contributed by atoms with Crippen LogP contribution in [0, 0.1) is 0 Å². The molecule has 4 heteroatoms. The van der Waals surface area contributed by atoms with Crippen molar-refractivity contribution in [1.29, 1.82) is 0 Å². The molecular formula is C22H19BrN2O. The van der Waals surface area contributed by atoms with E-state index < -0.39 is 0 Å². The van der Waals surface area contributed by atoms with E-state index in [9.17, 15) is 0 Å². The van der Waals surface area contributed by atoms with Crippen LogP contribution >= 0.6 is 15.9 Å². The van der Waals surface area contributed by atoms with E-state index in [4.69, 9.17) is 9.73 Å². The van der Waals surface area contributed by atoms with Crippen LogP contribution in [0.3, 0.4) is 0 Å². The zero-order valence-electron chi connectivity index (χ0n) is 14.5. The van der Waals surface area contributed by atoms with E-state index in [0.717, 1.165) is 33.9 Å². The molecule has 0 radical (unpaired) electrons. The first kappa shape index (κ1) is 16.9. The fourth-order valence-corrected chi connectivity index (χ4v) is 3.47. The first-order valence-electron chi connectivity index (χ1n) is 8.56. The summed E-state index contributed by atoms with van der Waals surface area (Å²) in [4.78, 5) is 7.16. The summed E-state index contributed by atoms with van der Waals surface area (Å²) >= 11 is 3.52. The van der Waals surface area contributed by atoms with Gasteiger partial charge in [0.2, 0.25) is 0 Å². The molecule has 1 unspecified atom stereocenters. The van der Waals surface area contributed by atoms with Gasteiger partial charge in [0, 0.05) is 16.6 Å². The number of halogens is 1. The zero-order valence-corrected chi connectivity index (χ0v) is 16.1. The van der Waals surface area contributed by atoms with E-state index in [-0.39, 0.29) is 0 Å². The number of aliphatic imine (C=N–C) groups is 1. The fourth-order valence-electron chi connectivity index (χ4n) is 3.20. The molecule has 3 aromatic carbocycles. The van der Waals surface area contributed by atoms with Gasteiger partial charge < -0.3 is 9.64 Å². The first-order chi connectivity index (χ1) is 12.7. The molecule has 0 aromatic heterocycles. The molecule has 0 N–H and O–H groups in total. The molecule has 3 nitrogen and oxygen atoms in total. The maximum Gasteiger partial charge on any atom is 0.119 e. The van der Waals surface area contributed by atoms with Crippen molar-refractivity contribution in [3.63, 3.8) is 0 Å². The molecule has 0 aliphatic carbocycles. The Morgan fingerprint density at radius 3 is 2.27 bits per heavy atom. The highest BCUT2D eigenvalue weighted by atomic mass is 79.9. The Bertz CT molecular complexity index is 905. The lowest BCUT2D eigenvalue weighted by Crippen LogP contribution is -2.46. The topological polar surface area (TPSA) is 24.8 Å². The molecule has 1 fully saturated rings. The van der Waals surface area contributed by atoms with Gasteiger partial charge in [-0.15, -0.1) is 0 Å². The maximum atomic E-state index is 5.29. The van der Waals surface area contributed by atoms with E-state index in [2.05, 4.69) is 57.2 Å². The van der Waals surface area contributed by atoms with Crippen molar-refractivity contribution in [1.82, 2.24) is 0 Å². The molecule has 1 aliphatic heterocycles. The highest BCUT2D eigenvalue weighted by Gasteiger charge is 2.36. The molecule has 1 atom stereocenters. The van der Waals surface area contributed by atoms with Crippen molar-refractivity contribution < 1.29 is 4.74 Å². The first-order valence-corrected chi connectivity index (χ1v) is 9.35. The van der Waals surface area contributed by atoms with Crippen LogP contribution in [0.5, 0.6) is 5.75 Å². The average Bonchev–Trinajstić information content (AvgIpc) is 2.67. The third-order valence-electron chi connectivity index (χ3n) is 4.59. The normalized spacial score (nSPS) is 17.8. The average molecular weight is 407 g/mol. The second kappa shape index (κ2) is 7.34. The highest BCUT2D eigenvalue weighted by molar-refractivity contribution is 9.10. The molecule has 1 aliphatic rings. The van der Waals surface area contributed by atoms with E-state index in [1.807, 2.05) is 42.5 Å². The molecular weight excluding hydrogens is 388 g/mol. The molecule has 0 saturated carbocycles. The van der Waals surface area contributed by atoms with Crippen LogP contribution in [0.4, 0.5) is 11.4 Å². The largest absolute Gasteiger partial charge is 0.497 e. The monoisotopic (exact) mass is 406 g/mol. The minimum Gasteiger partial charge on any atom is -0.497 e. The third-order valence-corrected chi connectivity index (χ3v) is 5.11. The van der Waals surface area contributed by atoms with Crippen LogP contribution in [0.25, 0.3) is 0 Å². The van der Waals surface area contributed by atoms with E-state index >= 15 is 0 Å². The van der Waals surface area contributed by atoms with E-state index in [1.165, 1.54) is 5.56 Å². The van der Waals surface area contributed by atoms with Gasteiger partial charge in [0.1, 0.15) is 11.6 Å². The van der Waals surface area contributed by atoms with Gasteiger partial charge in [-0.2, -0.15) is 0 Å². The third kappa shape index (κ3) is 3.37. The summed E-state index contributed by atoms with van der Waals surface area (Å²) in [7, 11) is 1.69. The van der Waals surface area contributed by atoms with Crippen LogP contribution in [0.1, 0.15) is 18.0 Å². The molecule has 0 bridgehead atoms. The lowest BCUT2D eigenvalue weighted by atomic mass is 9.92. The van der Waals surface area contributed by atoms with Crippen molar-refractivity contribution in [2.75, 3.05) is 12.0 Å². The van der Waals surface area contributed by atoms with Crippen LogP contribution in [-0.4, -0.2) is 12.9 Å². The number of rotatable bonds is 4. The highest BCUT2D eigenvalue weighted by Crippen LogP contribution is 2.41. The number of hydrogen-bond donors (Lipinski definition) is 0. The van der Waals surface area contributed by atoms with Gasteiger partial charge in [0.25, 0.3) is 0 Å². The Balaban J connectivity index is 1.69. The van der Waals surface area contributed by atoms with Gasteiger partial charge in [-0.3, -0.25) is 0 Å². The van der Waals surface area contributed by atoms with E-state index in [1.54, 1.807) is 7.11 Å². The van der Waals surface area contributed by atoms with Crippen molar-refractivity contribution in [2.24, 2.45) is 4.99 Å². The minimum atomic E-state index is 0.291. The summed E-state index contributed by atoms with van der Waals surface area (Å²) in [6, 6.07) is 27.1. The summed E-state index contributed by atoms with van der Waals surface area (Å²) in [6.07, 6.45) is 0.919. The zero-order chi connectivity index (χ0) is 17.9. The van der Waals surface area contributed by atoms with Crippen molar-refractivity contribution in [2.45, 2.75) is 12.5 Å². The number of ether oxygens (including phenoxy) is 1. The number of para-hydroxylation sites is 1. The number of anilines is 1. The van der Waals surface area contributed by atoms with Crippen molar-refractivity contribution in [3.8, 4) is 5.75 Å². The standard InChI is InChI=1S/C22H19BrN2O/c1-26-20-13-11-19(12-14-20)25-21(16-7-9-17(23)10-8-16)15-22(25)24-18-5-3-2-4-6-18/h2-14,21H,15H2,1H3. The van der Waals surface area contributed by atoms with Gasteiger partial charge in [0.05, 0.1) is 18.8 Å². The lowest BCUT2D eigenvalue weighted by Gasteiger charge is -2.44. The quantitative estimate of drug-likeness (QED) is 0.519. The second-order valence-corrected chi connectivity index (χ2v) is 7.12. The van der Waals surface area contributed by atoms with E-state index in [0.29, 0.717) is 6.04 Å². The number of amidine groups is 1.